The minimum Gasteiger partial charge on any atom is -0.345 e. The quantitative estimate of drug-likeness (QED) is 0.799. The van der Waals surface area contributed by atoms with Crippen LogP contribution in [-0.2, 0) is 7.05 Å². The van der Waals surface area contributed by atoms with Crippen molar-refractivity contribution in [3.05, 3.63) is 57.2 Å². The smallest absolute Gasteiger partial charge is 0.262 e. The summed E-state index contributed by atoms with van der Waals surface area (Å²) in [5, 5.41) is 3.47. The second kappa shape index (κ2) is 5.92. The molecular weight excluding hydrogens is 312 g/mol. The van der Waals surface area contributed by atoms with Crippen molar-refractivity contribution >= 4 is 27.5 Å². The lowest BCUT2D eigenvalue weighted by Gasteiger charge is -2.13. The van der Waals surface area contributed by atoms with Gasteiger partial charge in [0, 0.05) is 19.4 Å². The maximum absolute atomic E-state index is 12.6. The Labute approximate surface area is 136 Å². The van der Waals surface area contributed by atoms with Crippen LogP contribution in [0.5, 0.6) is 0 Å². The summed E-state index contributed by atoms with van der Waals surface area (Å²) in [5.41, 5.74) is 1.52. The predicted octanol–water partition coefficient (Wildman–Crippen LogP) is 2.19. The van der Waals surface area contributed by atoms with Crippen LogP contribution in [0.4, 0.5) is 0 Å². The van der Waals surface area contributed by atoms with Crippen LogP contribution in [0.15, 0.2) is 35.6 Å². The molecule has 0 aliphatic carbocycles. The maximum Gasteiger partial charge on any atom is 0.262 e. The van der Waals surface area contributed by atoms with Gasteiger partial charge >= 0.3 is 0 Å². The SMILES string of the molecule is Cc1c(C(=O)NC(C)c2ccncc2)sc2ncn(C)c(=O)c12. The largest absolute Gasteiger partial charge is 0.345 e. The van der Waals surface area contributed by atoms with E-state index in [9.17, 15) is 9.59 Å². The van der Waals surface area contributed by atoms with Gasteiger partial charge in [0.25, 0.3) is 11.5 Å². The number of carbonyl (C=O) groups excluding carboxylic acids is 1. The first-order valence-electron chi connectivity index (χ1n) is 7.14. The highest BCUT2D eigenvalue weighted by Gasteiger charge is 2.20. The molecule has 0 saturated heterocycles. The first-order valence-corrected chi connectivity index (χ1v) is 7.96. The Morgan fingerprint density at radius 2 is 2.04 bits per heavy atom. The van der Waals surface area contributed by atoms with E-state index in [0.717, 1.165) is 5.56 Å². The molecule has 1 atom stereocenters. The summed E-state index contributed by atoms with van der Waals surface area (Å²) in [7, 11) is 1.65. The van der Waals surface area contributed by atoms with E-state index < -0.39 is 0 Å². The van der Waals surface area contributed by atoms with Crippen LogP contribution in [0.1, 0.15) is 33.8 Å². The molecule has 0 aromatic carbocycles. The van der Waals surface area contributed by atoms with Gasteiger partial charge in [-0.15, -0.1) is 11.3 Å². The van der Waals surface area contributed by atoms with E-state index in [1.54, 1.807) is 26.4 Å². The molecular formula is C16H16N4O2S. The Kier molecular flexibility index (Phi) is 3.96. The molecule has 0 saturated carbocycles. The molecule has 7 heteroatoms. The topological polar surface area (TPSA) is 76.9 Å². The fourth-order valence-corrected chi connectivity index (χ4v) is 3.47. The Balaban J connectivity index is 1.94. The second-order valence-electron chi connectivity index (χ2n) is 5.37. The van der Waals surface area contributed by atoms with Gasteiger partial charge in [0.05, 0.1) is 22.6 Å². The number of hydrogen-bond acceptors (Lipinski definition) is 5. The lowest BCUT2D eigenvalue weighted by molar-refractivity contribution is 0.0943. The number of rotatable bonds is 3. The highest BCUT2D eigenvalue weighted by Crippen LogP contribution is 2.27. The number of amides is 1. The summed E-state index contributed by atoms with van der Waals surface area (Å²) >= 11 is 1.24. The van der Waals surface area contributed by atoms with Crippen molar-refractivity contribution < 1.29 is 4.79 Å². The van der Waals surface area contributed by atoms with Crippen molar-refractivity contribution in [2.45, 2.75) is 19.9 Å². The highest BCUT2D eigenvalue weighted by atomic mass is 32.1. The van der Waals surface area contributed by atoms with Gasteiger partial charge in [-0.2, -0.15) is 0 Å². The predicted molar refractivity (Wildman–Crippen MR) is 89.7 cm³/mol. The number of hydrogen-bond donors (Lipinski definition) is 1. The van der Waals surface area contributed by atoms with E-state index >= 15 is 0 Å². The second-order valence-corrected chi connectivity index (χ2v) is 6.37. The van der Waals surface area contributed by atoms with Gasteiger partial charge in [-0.3, -0.25) is 14.6 Å². The molecule has 3 rings (SSSR count). The van der Waals surface area contributed by atoms with Crippen molar-refractivity contribution in [1.29, 1.82) is 0 Å². The van der Waals surface area contributed by atoms with E-state index in [-0.39, 0.29) is 17.5 Å². The van der Waals surface area contributed by atoms with Crippen LogP contribution in [0.2, 0.25) is 0 Å². The molecule has 23 heavy (non-hydrogen) atoms. The zero-order valence-corrected chi connectivity index (χ0v) is 13.8. The molecule has 3 aromatic rings. The first-order chi connectivity index (χ1) is 11.0. The summed E-state index contributed by atoms with van der Waals surface area (Å²) in [6.07, 6.45) is 4.86. The van der Waals surface area contributed by atoms with Gasteiger partial charge in [-0.25, -0.2) is 4.98 Å². The molecule has 1 unspecified atom stereocenters. The molecule has 0 bridgehead atoms. The van der Waals surface area contributed by atoms with Crippen molar-refractivity contribution in [3.63, 3.8) is 0 Å². The minimum atomic E-state index is -0.197. The number of nitrogens with one attached hydrogen (secondary N) is 1. The third kappa shape index (κ3) is 2.75. The van der Waals surface area contributed by atoms with Crippen molar-refractivity contribution in [2.24, 2.45) is 7.05 Å². The van der Waals surface area contributed by atoms with Gasteiger partial charge in [-0.05, 0) is 37.1 Å². The monoisotopic (exact) mass is 328 g/mol. The molecule has 0 fully saturated rings. The molecule has 1 N–H and O–H groups in total. The Hall–Kier alpha value is -2.54. The van der Waals surface area contributed by atoms with Gasteiger partial charge in [0.15, 0.2) is 0 Å². The van der Waals surface area contributed by atoms with Crippen molar-refractivity contribution in [1.82, 2.24) is 19.9 Å². The van der Waals surface area contributed by atoms with E-state index in [1.807, 2.05) is 19.1 Å². The fraction of sp³-hybridized carbons (Fsp3) is 0.250. The van der Waals surface area contributed by atoms with E-state index in [2.05, 4.69) is 15.3 Å². The van der Waals surface area contributed by atoms with Crippen LogP contribution in [0.3, 0.4) is 0 Å². The Morgan fingerprint density at radius 3 is 2.74 bits per heavy atom. The molecule has 1 amide bonds. The molecule has 3 aromatic heterocycles. The number of thiophene rings is 1. The van der Waals surface area contributed by atoms with E-state index in [1.165, 1.54) is 22.2 Å². The minimum absolute atomic E-state index is 0.134. The number of carbonyl (C=O) groups is 1. The molecule has 118 valence electrons. The standard InChI is InChI=1S/C16H16N4O2S/c1-9-12-15(18-8-20(3)16(12)22)23-13(9)14(21)19-10(2)11-4-6-17-7-5-11/h4-8,10H,1-3H3,(H,19,21). The van der Waals surface area contributed by atoms with E-state index in [0.29, 0.717) is 20.7 Å². The van der Waals surface area contributed by atoms with Crippen molar-refractivity contribution in [2.75, 3.05) is 0 Å². The van der Waals surface area contributed by atoms with Crippen LogP contribution >= 0.6 is 11.3 Å². The molecule has 3 heterocycles. The van der Waals surface area contributed by atoms with Crippen LogP contribution < -0.4 is 10.9 Å². The zero-order valence-electron chi connectivity index (χ0n) is 13.0. The van der Waals surface area contributed by atoms with Gasteiger partial charge in [0.1, 0.15) is 4.83 Å². The third-order valence-electron chi connectivity index (χ3n) is 3.77. The number of aryl methyl sites for hydroxylation is 2. The molecule has 0 aliphatic heterocycles. The fourth-order valence-electron chi connectivity index (χ4n) is 2.42. The lowest BCUT2D eigenvalue weighted by atomic mass is 10.1. The maximum atomic E-state index is 12.6. The van der Waals surface area contributed by atoms with Crippen LogP contribution in [0.25, 0.3) is 10.2 Å². The molecule has 0 radical (unpaired) electrons. The van der Waals surface area contributed by atoms with Crippen molar-refractivity contribution in [3.8, 4) is 0 Å². The van der Waals surface area contributed by atoms with Gasteiger partial charge in [0.2, 0.25) is 0 Å². The summed E-state index contributed by atoms with van der Waals surface area (Å²) in [6.45, 7) is 3.70. The van der Waals surface area contributed by atoms with Crippen LogP contribution in [0, 0.1) is 6.92 Å². The summed E-state index contributed by atoms with van der Waals surface area (Å²) < 4.78 is 1.42. The Morgan fingerprint density at radius 1 is 1.35 bits per heavy atom. The molecule has 0 aliphatic rings. The summed E-state index contributed by atoms with van der Waals surface area (Å²) in [5.74, 6) is -0.197. The summed E-state index contributed by atoms with van der Waals surface area (Å²) in [6, 6.07) is 3.57. The summed E-state index contributed by atoms with van der Waals surface area (Å²) in [4.78, 5) is 34.1. The molecule has 0 spiro atoms. The molecule has 6 nitrogen and oxygen atoms in total. The number of aromatic nitrogens is 3. The normalized spacial score (nSPS) is 12.3. The highest BCUT2D eigenvalue weighted by molar-refractivity contribution is 7.20. The number of nitrogens with zero attached hydrogens (tertiary/aromatic N) is 3. The van der Waals surface area contributed by atoms with E-state index in [4.69, 9.17) is 0 Å². The van der Waals surface area contributed by atoms with Crippen LogP contribution in [-0.4, -0.2) is 20.4 Å². The lowest BCUT2D eigenvalue weighted by Crippen LogP contribution is -2.26. The number of fused-ring (bicyclic) bond motifs is 1. The van der Waals surface area contributed by atoms with Gasteiger partial charge in [-0.1, -0.05) is 0 Å². The van der Waals surface area contributed by atoms with Gasteiger partial charge < -0.3 is 9.88 Å². The Bertz CT molecular complexity index is 930. The average molecular weight is 328 g/mol. The number of pyridine rings is 1. The average Bonchev–Trinajstić information content (AvgIpc) is 2.89. The first kappa shape index (κ1) is 15.4. The zero-order chi connectivity index (χ0) is 16.6. The third-order valence-corrected chi connectivity index (χ3v) is 4.97.